The summed E-state index contributed by atoms with van der Waals surface area (Å²) in [5.41, 5.74) is 10.4. The average Bonchev–Trinajstić information content (AvgIpc) is 2.01. The maximum atomic E-state index is 5.50. The van der Waals surface area contributed by atoms with Crippen molar-refractivity contribution in [3.63, 3.8) is 0 Å². The summed E-state index contributed by atoms with van der Waals surface area (Å²) in [4.78, 5) is 7.69. The molecule has 1 aromatic rings. The van der Waals surface area contributed by atoms with Gasteiger partial charge in [0.15, 0.2) is 0 Å². The molecule has 5 heteroatoms. The molecule has 0 bridgehead atoms. The van der Waals surface area contributed by atoms with E-state index in [9.17, 15) is 0 Å². The van der Waals surface area contributed by atoms with Crippen LogP contribution in [0.25, 0.3) is 0 Å². The molecule has 0 amide bonds. The quantitative estimate of drug-likeness (QED) is 0.591. The first kappa shape index (κ1) is 10.1. The summed E-state index contributed by atoms with van der Waals surface area (Å²) in [7, 11) is 0. The summed E-state index contributed by atoms with van der Waals surface area (Å²) in [6.07, 6.45) is 5.31. The van der Waals surface area contributed by atoms with Crippen LogP contribution in [-0.2, 0) is 0 Å². The normalized spacial score (nSPS) is 10.6. The summed E-state index contributed by atoms with van der Waals surface area (Å²) in [6, 6.07) is 1.58. The average molecular weight is 191 g/mol. The Morgan fingerprint density at radius 3 is 2.57 bits per heavy atom. The number of hydrogen-bond acceptors (Lipinski definition) is 5. The lowest BCUT2D eigenvalue weighted by molar-refractivity contribution is 0.736. The van der Waals surface area contributed by atoms with Gasteiger partial charge in [-0.2, -0.15) is 9.97 Å². The Morgan fingerprint density at radius 2 is 2.07 bits per heavy atom. The van der Waals surface area contributed by atoms with Crippen LogP contribution >= 0.6 is 0 Å². The van der Waals surface area contributed by atoms with E-state index in [1.54, 1.807) is 6.07 Å². The van der Waals surface area contributed by atoms with E-state index >= 15 is 0 Å². The number of terminal acetylenes is 1. The number of nitrogen functional groups attached to an aromatic ring is 2. The maximum Gasteiger partial charge on any atom is 0.223 e. The molecule has 1 rings (SSSR count). The van der Waals surface area contributed by atoms with Gasteiger partial charge >= 0.3 is 0 Å². The van der Waals surface area contributed by atoms with E-state index in [0.29, 0.717) is 11.6 Å². The summed E-state index contributed by atoms with van der Waals surface area (Å²) < 4.78 is 0. The Morgan fingerprint density at radius 1 is 1.43 bits per heavy atom. The molecule has 0 saturated carbocycles. The minimum absolute atomic E-state index is 0.125. The molecule has 0 radical (unpaired) electrons. The largest absolute Gasteiger partial charge is 0.383 e. The van der Waals surface area contributed by atoms with Crippen molar-refractivity contribution in [2.75, 3.05) is 16.8 Å². The Hall–Kier alpha value is -1.96. The van der Waals surface area contributed by atoms with Gasteiger partial charge in [0.25, 0.3) is 0 Å². The predicted octanol–water partition coefficient (Wildman–Crippen LogP) is 0.465. The van der Waals surface area contributed by atoms with E-state index in [0.717, 1.165) is 0 Å². The summed E-state index contributed by atoms with van der Waals surface area (Å²) in [5.74, 6) is 3.54. The van der Waals surface area contributed by atoms with Crippen LogP contribution in [0, 0.1) is 12.3 Å². The van der Waals surface area contributed by atoms with Crippen LogP contribution in [0.1, 0.15) is 13.8 Å². The molecule has 0 aliphatic heterocycles. The van der Waals surface area contributed by atoms with Gasteiger partial charge in [-0.1, -0.05) is 5.92 Å². The van der Waals surface area contributed by atoms with E-state index in [1.165, 1.54) is 0 Å². The van der Waals surface area contributed by atoms with Crippen LogP contribution in [0.2, 0.25) is 0 Å². The third-order valence-electron chi connectivity index (χ3n) is 1.56. The third kappa shape index (κ3) is 2.52. The minimum atomic E-state index is -0.493. The molecule has 0 aliphatic carbocycles. The standard InChI is InChI=1S/C9H13N5/c1-4-9(2,3)14-7-5-6(10)12-8(11)13-7/h1,5H,2-3H3,(H5,10,11,12,13,14). The van der Waals surface area contributed by atoms with E-state index < -0.39 is 5.54 Å². The van der Waals surface area contributed by atoms with Gasteiger partial charge in [-0.3, -0.25) is 0 Å². The SMILES string of the molecule is C#CC(C)(C)Nc1cc(N)nc(N)n1. The van der Waals surface area contributed by atoms with Crippen molar-refractivity contribution in [2.24, 2.45) is 0 Å². The molecule has 74 valence electrons. The Balaban J connectivity index is 2.94. The monoisotopic (exact) mass is 191 g/mol. The highest BCUT2D eigenvalue weighted by molar-refractivity contribution is 5.50. The van der Waals surface area contributed by atoms with Crippen molar-refractivity contribution >= 4 is 17.6 Å². The van der Waals surface area contributed by atoms with Crippen molar-refractivity contribution < 1.29 is 0 Å². The van der Waals surface area contributed by atoms with E-state index in [4.69, 9.17) is 17.9 Å². The summed E-state index contributed by atoms with van der Waals surface area (Å²) >= 11 is 0. The van der Waals surface area contributed by atoms with Gasteiger partial charge in [0.05, 0.1) is 5.54 Å². The molecular weight excluding hydrogens is 178 g/mol. The fourth-order valence-electron chi connectivity index (χ4n) is 0.906. The van der Waals surface area contributed by atoms with Crippen LogP contribution in [0.3, 0.4) is 0 Å². The molecule has 0 aromatic carbocycles. The number of nitrogens with zero attached hydrogens (tertiary/aromatic N) is 2. The smallest absolute Gasteiger partial charge is 0.223 e. The van der Waals surface area contributed by atoms with Crippen LogP contribution in [0.5, 0.6) is 0 Å². The molecule has 0 atom stereocenters. The molecule has 1 heterocycles. The number of nitrogens with one attached hydrogen (secondary N) is 1. The summed E-state index contributed by atoms with van der Waals surface area (Å²) in [6.45, 7) is 3.70. The highest BCUT2D eigenvalue weighted by Crippen LogP contribution is 2.14. The Labute approximate surface area is 82.9 Å². The zero-order valence-corrected chi connectivity index (χ0v) is 8.20. The van der Waals surface area contributed by atoms with Gasteiger partial charge in [0, 0.05) is 6.07 Å². The number of nitrogens with two attached hydrogens (primary N) is 2. The van der Waals surface area contributed by atoms with Crippen molar-refractivity contribution in [2.45, 2.75) is 19.4 Å². The highest BCUT2D eigenvalue weighted by Gasteiger charge is 2.14. The lowest BCUT2D eigenvalue weighted by atomic mass is 10.1. The second-order valence-electron chi connectivity index (χ2n) is 3.43. The van der Waals surface area contributed by atoms with E-state index in [2.05, 4.69) is 21.2 Å². The van der Waals surface area contributed by atoms with Gasteiger partial charge in [-0.05, 0) is 13.8 Å². The molecule has 0 unspecified atom stereocenters. The molecule has 0 aliphatic rings. The first-order valence-corrected chi connectivity index (χ1v) is 4.09. The Bertz CT molecular complexity index is 357. The lowest BCUT2D eigenvalue weighted by Crippen LogP contribution is -2.29. The van der Waals surface area contributed by atoms with Gasteiger partial charge in [0.2, 0.25) is 5.95 Å². The molecule has 5 N–H and O–H groups in total. The van der Waals surface area contributed by atoms with E-state index in [-0.39, 0.29) is 5.95 Å². The van der Waals surface area contributed by atoms with Crippen LogP contribution in [0.15, 0.2) is 6.07 Å². The maximum absolute atomic E-state index is 5.50. The van der Waals surface area contributed by atoms with Crippen molar-refractivity contribution in [1.29, 1.82) is 0 Å². The predicted molar refractivity (Wildman–Crippen MR) is 57.4 cm³/mol. The van der Waals surface area contributed by atoms with Gasteiger partial charge in [-0.15, -0.1) is 6.42 Å². The molecular formula is C9H13N5. The first-order valence-electron chi connectivity index (χ1n) is 4.09. The van der Waals surface area contributed by atoms with Crippen molar-refractivity contribution in [3.05, 3.63) is 6.07 Å². The molecule has 0 fully saturated rings. The number of anilines is 3. The van der Waals surface area contributed by atoms with Crippen LogP contribution < -0.4 is 16.8 Å². The van der Waals surface area contributed by atoms with Gasteiger partial charge in [-0.25, -0.2) is 0 Å². The zero-order valence-electron chi connectivity index (χ0n) is 8.20. The third-order valence-corrected chi connectivity index (χ3v) is 1.56. The van der Waals surface area contributed by atoms with Crippen LogP contribution in [-0.4, -0.2) is 15.5 Å². The van der Waals surface area contributed by atoms with E-state index in [1.807, 2.05) is 13.8 Å². The molecule has 0 saturated heterocycles. The second-order valence-corrected chi connectivity index (χ2v) is 3.43. The molecule has 14 heavy (non-hydrogen) atoms. The highest BCUT2D eigenvalue weighted by atomic mass is 15.1. The first-order chi connectivity index (χ1) is 6.43. The number of aromatic nitrogens is 2. The lowest BCUT2D eigenvalue weighted by Gasteiger charge is -2.20. The second kappa shape index (κ2) is 3.42. The molecule has 1 aromatic heterocycles. The minimum Gasteiger partial charge on any atom is -0.383 e. The zero-order chi connectivity index (χ0) is 10.8. The van der Waals surface area contributed by atoms with Crippen LogP contribution in [0.4, 0.5) is 17.6 Å². The van der Waals surface area contributed by atoms with Crippen molar-refractivity contribution in [3.8, 4) is 12.3 Å². The van der Waals surface area contributed by atoms with Crippen molar-refractivity contribution in [1.82, 2.24) is 9.97 Å². The summed E-state index contributed by atoms with van der Waals surface area (Å²) in [5, 5.41) is 3.00. The molecule has 5 nitrogen and oxygen atoms in total. The number of hydrogen-bond donors (Lipinski definition) is 3. The topological polar surface area (TPSA) is 89.8 Å². The Kier molecular flexibility index (Phi) is 2.47. The number of rotatable bonds is 2. The van der Waals surface area contributed by atoms with Gasteiger partial charge in [0.1, 0.15) is 11.6 Å². The van der Waals surface area contributed by atoms with Gasteiger partial charge < -0.3 is 16.8 Å². The fourth-order valence-corrected chi connectivity index (χ4v) is 0.906. The fraction of sp³-hybridized carbons (Fsp3) is 0.333. The molecule has 0 spiro atoms.